The molecule has 0 fully saturated rings. The highest BCUT2D eigenvalue weighted by molar-refractivity contribution is 7.10. The van der Waals surface area contributed by atoms with E-state index in [0.29, 0.717) is 0 Å². The van der Waals surface area contributed by atoms with Crippen molar-refractivity contribution < 1.29 is 5.11 Å². The first kappa shape index (κ1) is 8.97. The molecule has 0 aliphatic heterocycles. The van der Waals surface area contributed by atoms with Gasteiger partial charge in [-0.3, -0.25) is 0 Å². The fraction of sp³-hybridized carbons (Fsp3) is 0. The highest BCUT2D eigenvalue weighted by atomic mass is 32.1. The highest BCUT2D eigenvalue weighted by Crippen LogP contribution is 2.16. The minimum Gasteiger partial charge on any atom is -0.493 e. The van der Waals surface area contributed by atoms with Crippen LogP contribution >= 0.6 is 11.3 Å². The summed E-state index contributed by atoms with van der Waals surface area (Å²) < 4.78 is 0. The number of hydrogen-bond acceptors (Lipinski definition) is 3. The van der Waals surface area contributed by atoms with E-state index in [-0.39, 0.29) is 5.88 Å². The van der Waals surface area contributed by atoms with Gasteiger partial charge in [0.05, 0.1) is 5.38 Å². The van der Waals surface area contributed by atoms with Gasteiger partial charge in [-0.2, -0.15) is 0 Å². The number of thiazole rings is 1. The Morgan fingerprint density at radius 3 is 2.57 bits per heavy atom. The second kappa shape index (κ2) is 4.07. The Morgan fingerprint density at radius 1 is 1.14 bits per heavy atom. The van der Waals surface area contributed by atoms with Crippen molar-refractivity contribution in [2.45, 2.75) is 0 Å². The SMILES string of the molecule is Oc1csc(C=Cc2ccccc2)n1. The zero-order chi connectivity index (χ0) is 9.80. The van der Waals surface area contributed by atoms with E-state index in [1.807, 2.05) is 42.5 Å². The molecule has 0 aliphatic rings. The summed E-state index contributed by atoms with van der Waals surface area (Å²) in [7, 11) is 0. The molecule has 0 bridgehead atoms. The third kappa shape index (κ3) is 2.20. The lowest BCUT2D eigenvalue weighted by molar-refractivity contribution is 0.457. The molecule has 0 amide bonds. The van der Waals surface area contributed by atoms with Crippen LogP contribution in [0, 0.1) is 0 Å². The third-order valence-electron chi connectivity index (χ3n) is 1.73. The predicted molar refractivity (Wildman–Crippen MR) is 59.1 cm³/mol. The van der Waals surface area contributed by atoms with Crippen LogP contribution in [0.5, 0.6) is 5.88 Å². The van der Waals surface area contributed by atoms with Crippen LogP contribution in [-0.4, -0.2) is 10.1 Å². The molecule has 0 saturated carbocycles. The van der Waals surface area contributed by atoms with Crippen LogP contribution in [0.15, 0.2) is 35.7 Å². The minimum absolute atomic E-state index is 0.0858. The fourth-order valence-corrected chi connectivity index (χ4v) is 1.66. The maximum Gasteiger partial charge on any atom is 0.222 e. The number of nitrogens with zero attached hydrogens (tertiary/aromatic N) is 1. The van der Waals surface area contributed by atoms with E-state index >= 15 is 0 Å². The summed E-state index contributed by atoms with van der Waals surface area (Å²) in [5, 5.41) is 11.4. The number of aromatic nitrogens is 1. The van der Waals surface area contributed by atoms with E-state index in [4.69, 9.17) is 5.11 Å². The van der Waals surface area contributed by atoms with Crippen molar-refractivity contribution in [2.24, 2.45) is 0 Å². The van der Waals surface area contributed by atoms with E-state index < -0.39 is 0 Å². The van der Waals surface area contributed by atoms with Crippen LogP contribution in [0.3, 0.4) is 0 Å². The molecule has 0 spiro atoms. The zero-order valence-corrected chi connectivity index (χ0v) is 8.24. The first-order valence-electron chi connectivity index (χ1n) is 4.22. The van der Waals surface area contributed by atoms with Crippen molar-refractivity contribution in [1.82, 2.24) is 4.98 Å². The molecule has 1 aromatic heterocycles. The van der Waals surface area contributed by atoms with Gasteiger partial charge in [0.25, 0.3) is 0 Å². The standard InChI is InChI=1S/C11H9NOS/c13-10-8-14-11(12-10)7-6-9-4-2-1-3-5-9/h1-8,13H. The van der Waals surface area contributed by atoms with Crippen LogP contribution in [0.1, 0.15) is 10.6 Å². The van der Waals surface area contributed by atoms with Gasteiger partial charge in [-0.05, 0) is 11.6 Å². The molecular formula is C11H9NOS. The van der Waals surface area contributed by atoms with Crippen molar-refractivity contribution in [3.05, 3.63) is 46.3 Å². The van der Waals surface area contributed by atoms with Gasteiger partial charge < -0.3 is 5.11 Å². The van der Waals surface area contributed by atoms with Crippen LogP contribution in [0.4, 0.5) is 0 Å². The molecule has 3 heteroatoms. The molecule has 70 valence electrons. The van der Waals surface area contributed by atoms with Crippen LogP contribution in [0.2, 0.25) is 0 Å². The molecule has 0 unspecified atom stereocenters. The van der Waals surface area contributed by atoms with Crippen molar-refractivity contribution in [3.63, 3.8) is 0 Å². The van der Waals surface area contributed by atoms with E-state index in [0.717, 1.165) is 10.6 Å². The van der Waals surface area contributed by atoms with Crippen molar-refractivity contribution in [3.8, 4) is 5.88 Å². The fourth-order valence-electron chi connectivity index (χ4n) is 1.09. The second-order valence-electron chi connectivity index (χ2n) is 2.79. The van der Waals surface area contributed by atoms with Crippen LogP contribution < -0.4 is 0 Å². The molecule has 0 atom stereocenters. The Bertz CT molecular complexity index is 434. The minimum atomic E-state index is 0.0858. The lowest BCUT2D eigenvalue weighted by Crippen LogP contribution is -1.69. The first-order chi connectivity index (χ1) is 6.84. The van der Waals surface area contributed by atoms with Crippen LogP contribution in [0.25, 0.3) is 12.2 Å². The van der Waals surface area contributed by atoms with Gasteiger partial charge in [0.15, 0.2) is 0 Å². The lowest BCUT2D eigenvalue weighted by atomic mass is 10.2. The average molecular weight is 203 g/mol. The Morgan fingerprint density at radius 2 is 1.93 bits per heavy atom. The molecule has 2 rings (SSSR count). The smallest absolute Gasteiger partial charge is 0.222 e. The number of benzene rings is 1. The van der Waals surface area contributed by atoms with Gasteiger partial charge in [0.2, 0.25) is 5.88 Å². The maximum absolute atomic E-state index is 9.02. The normalized spacial score (nSPS) is 10.9. The number of hydrogen-bond donors (Lipinski definition) is 1. The van der Waals surface area contributed by atoms with Crippen molar-refractivity contribution >= 4 is 23.5 Å². The van der Waals surface area contributed by atoms with Crippen molar-refractivity contribution in [2.75, 3.05) is 0 Å². The predicted octanol–water partition coefficient (Wildman–Crippen LogP) is 3.02. The Labute approximate surface area is 86.2 Å². The summed E-state index contributed by atoms with van der Waals surface area (Å²) in [6.45, 7) is 0. The molecule has 2 nitrogen and oxygen atoms in total. The van der Waals surface area contributed by atoms with Gasteiger partial charge in [-0.1, -0.05) is 36.4 Å². The molecule has 14 heavy (non-hydrogen) atoms. The highest BCUT2D eigenvalue weighted by Gasteiger charge is 1.94. The molecule has 0 saturated heterocycles. The van der Waals surface area contributed by atoms with Gasteiger partial charge in [0.1, 0.15) is 5.01 Å². The molecular weight excluding hydrogens is 194 g/mol. The van der Waals surface area contributed by atoms with Gasteiger partial charge in [-0.15, -0.1) is 11.3 Å². The quantitative estimate of drug-likeness (QED) is 0.813. The summed E-state index contributed by atoms with van der Waals surface area (Å²) in [6.07, 6.45) is 3.86. The van der Waals surface area contributed by atoms with Gasteiger partial charge >= 0.3 is 0 Å². The Kier molecular flexibility index (Phi) is 2.60. The molecule has 2 aromatic rings. The number of rotatable bonds is 2. The Balaban J connectivity index is 2.15. The first-order valence-corrected chi connectivity index (χ1v) is 5.10. The zero-order valence-electron chi connectivity index (χ0n) is 7.42. The topological polar surface area (TPSA) is 33.1 Å². The summed E-state index contributed by atoms with van der Waals surface area (Å²) in [5.41, 5.74) is 1.13. The summed E-state index contributed by atoms with van der Waals surface area (Å²) in [4.78, 5) is 3.91. The van der Waals surface area contributed by atoms with Crippen LogP contribution in [-0.2, 0) is 0 Å². The lowest BCUT2D eigenvalue weighted by Gasteiger charge is -1.89. The Hall–Kier alpha value is -1.61. The van der Waals surface area contributed by atoms with Crippen molar-refractivity contribution in [1.29, 1.82) is 0 Å². The average Bonchev–Trinajstić information content (AvgIpc) is 2.63. The molecule has 1 heterocycles. The summed E-state index contributed by atoms with van der Waals surface area (Å²) >= 11 is 1.42. The second-order valence-corrected chi connectivity index (χ2v) is 3.68. The monoisotopic (exact) mass is 203 g/mol. The van der Waals surface area contributed by atoms with Gasteiger partial charge in [0, 0.05) is 0 Å². The molecule has 1 N–H and O–H groups in total. The summed E-state index contributed by atoms with van der Waals surface area (Å²) in [5.74, 6) is 0.0858. The largest absolute Gasteiger partial charge is 0.493 e. The van der Waals surface area contributed by atoms with Gasteiger partial charge in [-0.25, -0.2) is 4.98 Å². The van der Waals surface area contributed by atoms with E-state index in [1.165, 1.54) is 11.3 Å². The molecule has 0 radical (unpaired) electrons. The van der Waals surface area contributed by atoms with E-state index in [9.17, 15) is 0 Å². The maximum atomic E-state index is 9.02. The third-order valence-corrected chi connectivity index (χ3v) is 2.53. The van der Waals surface area contributed by atoms with E-state index in [1.54, 1.807) is 5.38 Å². The molecule has 1 aromatic carbocycles. The molecule has 0 aliphatic carbocycles. The number of aromatic hydroxyl groups is 1. The van der Waals surface area contributed by atoms with E-state index in [2.05, 4.69) is 4.98 Å². The summed E-state index contributed by atoms with van der Waals surface area (Å²) in [6, 6.07) is 9.98.